The third-order valence-electron chi connectivity index (χ3n) is 3.92. The van der Waals surface area contributed by atoms with Gasteiger partial charge in [-0.1, -0.05) is 19.0 Å². The second-order valence-corrected chi connectivity index (χ2v) is 6.94. The minimum Gasteiger partial charge on any atom is -0.339 e. The Labute approximate surface area is 126 Å². The standard InChI is InChI=1S/C14H19BrN4O/c1-9-3-10(2)5-11(4-9)14-17-13(18-20-14)8-19-7-12(15)6-16-19/h6-7,9-11H,3-5,8H2,1-2H3. The first kappa shape index (κ1) is 13.8. The molecule has 0 aromatic carbocycles. The van der Waals surface area contributed by atoms with E-state index in [9.17, 15) is 0 Å². The average Bonchev–Trinajstić information content (AvgIpc) is 2.98. The molecule has 0 spiro atoms. The Hall–Kier alpha value is -1.17. The van der Waals surface area contributed by atoms with Crippen LogP contribution in [0.1, 0.15) is 50.7 Å². The molecule has 0 bridgehead atoms. The van der Waals surface area contributed by atoms with Crippen molar-refractivity contribution in [1.82, 2.24) is 19.9 Å². The maximum Gasteiger partial charge on any atom is 0.229 e. The average molecular weight is 339 g/mol. The first-order valence-corrected chi connectivity index (χ1v) is 7.90. The van der Waals surface area contributed by atoms with Crippen LogP contribution in [0.5, 0.6) is 0 Å². The Kier molecular flexibility index (Phi) is 3.92. The van der Waals surface area contributed by atoms with Crippen LogP contribution in [0.3, 0.4) is 0 Å². The van der Waals surface area contributed by atoms with Crippen molar-refractivity contribution in [2.24, 2.45) is 11.8 Å². The number of halogens is 1. The molecule has 108 valence electrons. The monoisotopic (exact) mass is 338 g/mol. The summed E-state index contributed by atoms with van der Waals surface area (Å²) in [4.78, 5) is 4.55. The number of hydrogen-bond acceptors (Lipinski definition) is 4. The van der Waals surface area contributed by atoms with Crippen molar-refractivity contribution in [1.29, 1.82) is 0 Å². The fraction of sp³-hybridized carbons (Fsp3) is 0.643. The van der Waals surface area contributed by atoms with E-state index in [1.165, 1.54) is 6.42 Å². The summed E-state index contributed by atoms with van der Waals surface area (Å²) < 4.78 is 8.22. The summed E-state index contributed by atoms with van der Waals surface area (Å²) in [6.45, 7) is 5.16. The highest BCUT2D eigenvalue weighted by atomic mass is 79.9. The number of hydrogen-bond donors (Lipinski definition) is 0. The molecule has 2 unspecified atom stereocenters. The van der Waals surface area contributed by atoms with Crippen molar-refractivity contribution in [3.8, 4) is 0 Å². The molecule has 1 aliphatic rings. The van der Waals surface area contributed by atoms with Gasteiger partial charge in [0.15, 0.2) is 5.82 Å². The SMILES string of the molecule is CC1CC(C)CC(c2nc(Cn3cc(Br)cn3)no2)C1. The van der Waals surface area contributed by atoms with E-state index in [0.29, 0.717) is 18.3 Å². The van der Waals surface area contributed by atoms with Gasteiger partial charge in [0.1, 0.15) is 6.54 Å². The van der Waals surface area contributed by atoms with E-state index in [1.54, 1.807) is 10.9 Å². The molecule has 0 saturated heterocycles. The quantitative estimate of drug-likeness (QED) is 0.857. The largest absolute Gasteiger partial charge is 0.339 e. The highest BCUT2D eigenvalue weighted by molar-refractivity contribution is 9.10. The Balaban J connectivity index is 1.70. The lowest BCUT2D eigenvalue weighted by Gasteiger charge is -2.29. The minimum absolute atomic E-state index is 0.416. The first-order valence-electron chi connectivity index (χ1n) is 7.10. The molecule has 0 amide bonds. The molecule has 6 heteroatoms. The third kappa shape index (κ3) is 3.11. The van der Waals surface area contributed by atoms with Crippen LogP contribution >= 0.6 is 15.9 Å². The lowest BCUT2D eigenvalue weighted by Crippen LogP contribution is -2.18. The van der Waals surface area contributed by atoms with E-state index in [0.717, 1.165) is 35.0 Å². The van der Waals surface area contributed by atoms with Gasteiger partial charge in [0.2, 0.25) is 5.89 Å². The Morgan fingerprint density at radius 1 is 1.30 bits per heavy atom. The Bertz CT molecular complexity index is 569. The van der Waals surface area contributed by atoms with E-state index >= 15 is 0 Å². The molecule has 0 N–H and O–H groups in total. The van der Waals surface area contributed by atoms with Crippen LogP contribution in [0.15, 0.2) is 21.4 Å². The maximum absolute atomic E-state index is 5.47. The molecule has 20 heavy (non-hydrogen) atoms. The van der Waals surface area contributed by atoms with Crippen molar-refractivity contribution in [2.75, 3.05) is 0 Å². The normalized spacial score (nSPS) is 26.9. The number of nitrogens with zero attached hydrogens (tertiary/aromatic N) is 4. The summed E-state index contributed by atoms with van der Waals surface area (Å²) in [5.74, 6) is 3.38. The summed E-state index contributed by atoms with van der Waals surface area (Å²) in [7, 11) is 0. The second-order valence-electron chi connectivity index (χ2n) is 6.02. The van der Waals surface area contributed by atoms with Gasteiger partial charge in [-0.2, -0.15) is 10.1 Å². The highest BCUT2D eigenvalue weighted by Crippen LogP contribution is 2.38. The van der Waals surface area contributed by atoms with Crippen LogP contribution in [0, 0.1) is 11.8 Å². The second kappa shape index (κ2) is 5.68. The predicted molar refractivity (Wildman–Crippen MR) is 78.2 cm³/mol. The van der Waals surface area contributed by atoms with Gasteiger partial charge in [0.25, 0.3) is 0 Å². The smallest absolute Gasteiger partial charge is 0.229 e. The maximum atomic E-state index is 5.47. The zero-order valence-electron chi connectivity index (χ0n) is 11.8. The van der Waals surface area contributed by atoms with E-state index in [-0.39, 0.29) is 0 Å². The topological polar surface area (TPSA) is 56.7 Å². The van der Waals surface area contributed by atoms with Crippen LogP contribution in [0.2, 0.25) is 0 Å². The van der Waals surface area contributed by atoms with E-state index in [4.69, 9.17) is 4.52 Å². The number of rotatable bonds is 3. The van der Waals surface area contributed by atoms with Crippen molar-refractivity contribution < 1.29 is 4.52 Å². The summed E-state index contributed by atoms with van der Waals surface area (Å²) in [6.07, 6.45) is 7.27. The zero-order valence-corrected chi connectivity index (χ0v) is 13.4. The molecule has 1 aliphatic carbocycles. The van der Waals surface area contributed by atoms with Crippen molar-refractivity contribution in [3.05, 3.63) is 28.6 Å². The van der Waals surface area contributed by atoms with Crippen molar-refractivity contribution in [2.45, 2.75) is 45.6 Å². The first-order chi connectivity index (χ1) is 9.60. The summed E-state index contributed by atoms with van der Waals surface area (Å²) in [6, 6.07) is 0. The molecule has 5 nitrogen and oxygen atoms in total. The van der Waals surface area contributed by atoms with Gasteiger partial charge in [-0.3, -0.25) is 4.68 Å². The van der Waals surface area contributed by atoms with Gasteiger partial charge in [0.05, 0.1) is 10.7 Å². The third-order valence-corrected chi connectivity index (χ3v) is 4.33. The van der Waals surface area contributed by atoms with Gasteiger partial charge in [-0.25, -0.2) is 0 Å². The van der Waals surface area contributed by atoms with Crippen LogP contribution < -0.4 is 0 Å². The molecule has 2 aromatic heterocycles. The molecule has 1 fully saturated rings. The molecular weight excluding hydrogens is 320 g/mol. The van der Waals surface area contributed by atoms with Gasteiger partial charge >= 0.3 is 0 Å². The summed E-state index contributed by atoms with van der Waals surface area (Å²) in [5, 5.41) is 8.29. The lowest BCUT2D eigenvalue weighted by molar-refractivity contribution is 0.228. The lowest BCUT2D eigenvalue weighted by atomic mass is 9.77. The fourth-order valence-corrected chi connectivity index (χ4v) is 3.54. The van der Waals surface area contributed by atoms with Gasteiger partial charge in [-0.05, 0) is 47.0 Å². The van der Waals surface area contributed by atoms with E-state index in [1.807, 2.05) is 6.20 Å². The van der Waals surface area contributed by atoms with Crippen LogP contribution in [-0.2, 0) is 6.54 Å². The molecule has 2 heterocycles. The molecule has 3 rings (SSSR count). The van der Waals surface area contributed by atoms with Crippen LogP contribution in [0.25, 0.3) is 0 Å². The Morgan fingerprint density at radius 3 is 2.70 bits per heavy atom. The zero-order chi connectivity index (χ0) is 14.1. The highest BCUT2D eigenvalue weighted by Gasteiger charge is 2.29. The summed E-state index contributed by atoms with van der Waals surface area (Å²) >= 11 is 3.38. The minimum atomic E-state index is 0.416. The molecular formula is C14H19BrN4O. The predicted octanol–water partition coefficient (Wildman–Crippen LogP) is 3.62. The summed E-state index contributed by atoms with van der Waals surface area (Å²) in [5.41, 5.74) is 0. The van der Waals surface area contributed by atoms with E-state index < -0.39 is 0 Å². The van der Waals surface area contributed by atoms with Gasteiger partial charge in [0, 0.05) is 12.1 Å². The van der Waals surface area contributed by atoms with Crippen LogP contribution in [0.4, 0.5) is 0 Å². The Morgan fingerprint density at radius 2 is 2.05 bits per heavy atom. The molecule has 0 aliphatic heterocycles. The van der Waals surface area contributed by atoms with Crippen molar-refractivity contribution in [3.63, 3.8) is 0 Å². The van der Waals surface area contributed by atoms with Gasteiger partial charge in [-0.15, -0.1) is 0 Å². The molecule has 1 saturated carbocycles. The van der Waals surface area contributed by atoms with Crippen LogP contribution in [-0.4, -0.2) is 19.9 Å². The molecule has 0 radical (unpaired) electrons. The van der Waals surface area contributed by atoms with E-state index in [2.05, 4.69) is 45.0 Å². The van der Waals surface area contributed by atoms with Gasteiger partial charge < -0.3 is 4.52 Å². The number of aromatic nitrogens is 4. The molecule has 2 aromatic rings. The van der Waals surface area contributed by atoms with Crippen molar-refractivity contribution >= 4 is 15.9 Å². The molecule has 2 atom stereocenters. The fourth-order valence-electron chi connectivity index (χ4n) is 3.22.